The molecular formula is C10H16NOS+. The van der Waals surface area contributed by atoms with E-state index in [9.17, 15) is 4.21 Å². The van der Waals surface area contributed by atoms with Crippen LogP contribution in [-0.4, -0.2) is 24.7 Å². The number of hydrogen-bond donors (Lipinski definition) is 0. The molecule has 1 atom stereocenters. The SMILES string of the molecule is Cc1ccc([S+](C)(=O)N(C)C)cc1. The van der Waals surface area contributed by atoms with Crippen LogP contribution < -0.4 is 0 Å². The summed E-state index contributed by atoms with van der Waals surface area (Å²) in [5.41, 5.74) is 1.19. The number of hydrogen-bond acceptors (Lipinski definition) is 1. The summed E-state index contributed by atoms with van der Waals surface area (Å²) in [6, 6.07) is 7.83. The van der Waals surface area contributed by atoms with Crippen molar-refractivity contribution in [1.29, 1.82) is 0 Å². The third kappa shape index (κ3) is 2.17. The monoisotopic (exact) mass is 198 g/mol. The van der Waals surface area contributed by atoms with Crippen LogP contribution in [0.5, 0.6) is 0 Å². The van der Waals surface area contributed by atoms with Gasteiger partial charge in [-0.05, 0) is 19.1 Å². The molecule has 1 rings (SSSR count). The lowest BCUT2D eigenvalue weighted by Crippen LogP contribution is -2.27. The summed E-state index contributed by atoms with van der Waals surface area (Å²) in [6.07, 6.45) is 1.76. The smallest absolute Gasteiger partial charge is 0.127 e. The number of aryl methyl sites for hydroxylation is 1. The van der Waals surface area contributed by atoms with Crippen molar-refractivity contribution in [2.75, 3.05) is 20.4 Å². The van der Waals surface area contributed by atoms with Crippen molar-refractivity contribution in [2.24, 2.45) is 0 Å². The highest BCUT2D eigenvalue weighted by atomic mass is 32.3. The topological polar surface area (TPSA) is 20.3 Å². The zero-order chi connectivity index (χ0) is 10.1. The first-order valence-electron chi connectivity index (χ1n) is 4.18. The molecule has 2 nitrogen and oxygen atoms in total. The molecule has 0 N–H and O–H groups in total. The van der Waals surface area contributed by atoms with Gasteiger partial charge in [0.05, 0.1) is 0 Å². The van der Waals surface area contributed by atoms with Crippen LogP contribution >= 0.6 is 0 Å². The molecule has 3 heteroatoms. The molecule has 1 aromatic rings. The molecule has 0 aliphatic heterocycles. The lowest BCUT2D eigenvalue weighted by molar-refractivity contribution is 0.535. The standard InChI is InChI=1S/C10H16NOS/c1-9-5-7-10(8-6-9)13(4,12)11(2)3/h5-8H,1-4H3/q+1. The fraction of sp³-hybridized carbons (Fsp3) is 0.400. The highest BCUT2D eigenvalue weighted by Crippen LogP contribution is 2.18. The summed E-state index contributed by atoms with van der Waals surface area (Å²) in [6.45, 7) is 2.02. The van der Waals surface area contributed by atoms with Crippen LogP contribution in [0.25, 0.3) is 0 Å². The predicted octanol–water partition coefficient (Wildman–Crippen LogP) is 1.96. The Hall–Kier alpha value is -0.670. The predicted molar refractivity (Wildman–Crippen MR) is 57.1 cm³/mol. The van der Waals surface area contributed by atoms with E-state index in [0.29, 0.717) is 0 Å². The van der Waals surface area contributed by atoms with Crippen LogP contribution in [0.3, 0.4) is 0 Å². The Kier molecular flexibility index (Phi) is 2.88. The Morgan fingerprint density at radius 1 is 1.15 bits per heavy atom. The molecule has 0 heterocycles. The van der Waals surface area contributed by atoms with Gasteiger partial charge in [0.15, 0.2) is 15.0 Å². The molecule has 0 aliphatic carbocycles. The zero-order valence-corrected chi connectivity index (χ0v) is 9.39. The third-order valence-corrected chi connectivity index (χ3v) is 4.70. The highest BCUT2D eigenvalue weighted by molar-refractivity contribution is 8.00. The first kappa shape index (κ1) is 10.4. The third-order valence-electron chi connectivity index (χ3n) is 2.16. The minimum absolute atomic E-state index is 0.892. The van der Waals surface area contributed by atoms with Crippen molar-refractivity contribution >= 4 is 10.1 Å². The van der Waals surface area contributed by atoms with Gasteiger partial charge in [-0.3, -0.25) is 0 Å². The number of benzene rings is 1. The molecule has 0 aromatic heterocycles. The largest absolute Gasteiger partial charge is 0.187 e. The van der Waals surface area contributed by atoms with Gasteiger partial charge in [0.25, 0.3) is 0 Å². The van der Waals surface area contributed by atoms with E-state index in [1.54, 1.807) is 10.6 Å². The Labute approximate surface area is 81.1 Å². The first-order valence-corrected chi connectivity index (χ1v) is 6.10. The van der Waals surface area contributed by atoms with E-state index in [0.717, 1.165) is 4.90 Å². The molecule has 1 aromatic carbocycles. The molecule has 0 amide bonds. The van der Waals surface area contributed by atoms with Crippen LogP contribution in [0.4, 0.5) is 0 Å². The van der Waals surface area contributed by atoms with Gasteiger partial charge in [0, 0.05) is 14.1 Å². The Morgan fingerprint density at radius 2 is 1.62 bits per heavy atom. The van der Waals surface area contributed by atoms with Gasteiger partial charge >= 0.3 is 0 Å². The van der Waals surface area contributed by atoms with Crippen LogP contribution in [0.15, 0.2) is 29.2 Å². The lowest BCUT2D eigenvalue weighted by Gasteiger charge is -2.12. The second-order valence-electron chi connectivity index (χ2n) is 3.43. The molecule has 72 valence electrons. The van der Waals surface area contributed by atoms with E-state index >= 15 is 0 Å². The maximum atomic E-state index is 12.1. The van der Waals surface area contributed by atoms with Gasteiger partial charge in [0.1, 0.15) is 6.26 Å². The highest BCUT2D eigenvalue weighted by Gasteiger charge is 2.27. The maximum Gasteiger partial charge on any atom is 0.187 e. The van der Waals surface area contributed by atoms with Gasteiger partial charge in [-0.2, -0.15) is 0 Å². The summed E-state index contributed by atoms with van der Waals surface area (Å²) >= 11 is 0. The van der Waals surface area contributed by atoms with E-state index in [4.69, 9.17) is 0 Å². The number of rotatable bonds is 2. The molecule has 0 spiro atoms. The van der Waals surface area contributed by atoms with Crippen LogP contribution in [0.1, 0.15) is 5.56 Å². The van der Waals surface area contributed by atoms with Gasteiger partial charge in [0.2, 0.25) is 0 Å². The summed E-state index contributed by atoms with van der Waals surface area (Å²) in [4.78, 5) is 0.892. The van der Waals surface area contributed by atoms with E-state index in [2.05, 4.69) is 0 Å². The van der Waals surface area contributed by atoms with E-state index in [1.165, 1.54) is 5.56 Å². The maximum absolute atomic E-state index is 12.1. The van der Waals surface area contributed by atoms with Crippen LogP contribution in [-0.2, 0) is 14.3 Å². The molecular weight excluding hydrogens is 182 g/mol. The van der Waals surface area contributed by atoms with Crippen molar-refractivity contribution < 1.29 is 4.21 Å². The molecule has 0 radical (unpaired) electrons. The molecule has 0 saturated heterocycles. The molecule has 0 aliphatic rings. The quantitative estimate of drug-likeness (QED) is 0.665. The summed E-state index contributed by atoms with van der Waals surface area (Å²) < 4.78 is 13.9. The van der Waals surface area contributed by atoms with Gasteiger partial charge in [-0.15, -0.1) is 4.31 Å². The van der Waals surface area contributed by atoms with E-state index in [-0.39, 0.29) is 0 Å². The second-order valence-corrected chi connectivity index (χ2v) is 6.23. The molecule has 0 bridgehead atoms. The minimum atomic E-state index is -2.01. The zero-order valence-electron chi connectivity index (χ0n) is 8.57. The molecule has 0 saturated carbocycles. The molecule has 1 unspecified atom stereocenters. The van der Waals surface area contributed by atoms with Gasteiger partial charge in [-0.25, -0.2) is 0 Å². The van der Waals surface area contributed by atoms with E-state index < -0.39 is 10.1 Å². The summed E-state index contributed by atoms with van der Waals surface area (Å²) in [5, 5.41) is 0. The van der Waals surface area contributed by atoms with Crippen molar-refractivity contribution in [3.63, 3.8) is 0 Å². The Morgan fingerprint density at radius 3 is 2.00 bits per heavy atom. The average Bonchev–Trinajstić information content (AvgIpc) is 2.04. The number of nitrogens with zero attached hydrogens (tertiary/aromatic N) is 1. The first-order chi connectivity index (χ1) is 5.94. The average molecular weight is 198 g/mol. The van der Waals surface area contributed by atoms with Crippen molar-refractivity contribution in [3.8, 4) is 0 Å². The fourth-order valence-electron chi connectivity index (χ4n) is 1.00. The van der Waals surface area contributed by atoms with Crippen molar-refractivity contribution in [3.05, 3.63) is 29.8 Å². The van der Waals surface area contributed by atoms with Crippen molar-refractivity contribution in [2.45, 2.75) is 11.8 Å². The summed E-state index contributed by atoms with van der Waals surface area (Å²) in [5.74, 6) is 0. The second kappa shape index (κ2) is 3.60. The van der Waals surface area contributed by atoms with E-state index in [1.807, 2.05) is 45.3 Å². The lowest BCUT2D eigenvalue weighted by atomic mass is 10.2. The Balaban J connectivity index is 3.09. The molecule has 0 fully saturated rings. The minimum Gasteiger partial charge on any atom is -0.127 e. The fourth-order valence-corrected chi connectivity index (χ4v) is 2.06. The van der Waals surface area contributed by atoms with Crippen LogP contribution in [0, 0.1) is 6.92 Å². The van der Waals surface area contributed by atoms with Gasteiger partial charge in [-0.1, -0.05) is 21.9 Å². The van der Waals surface area contributed by atoms with Crippen LogP contribution in [0.2, 0.25) is 0 Å². The summed E-state index contributed by atoms with van der Waals surface area (Å²) in [7, 11) is 1.66. The molecule has 13 heavy (non-hydrogen) atoms. The normalized spacial score (nSPS) is 15.8. The van der Waals surface area contributed by atoms with Gasteiger partial charge < -0.3 is 0 Å². The van der Waals surface area contributed by atoms with Crippen molar-refractivity contribution in [1.82, 2.24) is 4.31 Å². The Bertz CT molecular complexity index is 329.